The number of aliphatic carboxylic acids is 1. The first-order valence-corrected chi connectivity index (χ1v) is 6.43. The van der Waals surface area contributed by atoms with Gasteiger partial charge in [0.05, 0.1) is 19.0 Å². The molecule has 2 rings (SSSR count). The molecule has 0 aromatic carbocycles. The third-order valence-corrected chi connectivity index (χ3v) is 3.10. The second kappa shape index (κ2) is 6.38. The molecule has 8 heteroatoms. The summed E-state index contributed by atoms with van der Waals surface area (Å²) in [6.45, 7) is 3.26. The summed E-state index contributed by atoms with van der Waals surface area (Å²) in [6.07, 6.45) is 3.14. The van der Waals surface area contributed by atoms with Crippen LogP contribution in [0.15, 0.2) is 12.5 Å². The Bertz CT molecular complexity index is 462. The third-order valence-electron chi connectivity index (χ3n) is 3.10. The van der Waals surface area contributed by atoms with Crippen molar-refractivity contribution in [1.82, 2.24) is 20.2 Å². The van der Waals surface area contributed by atoms with E-state index < -0.39 is 12.0 Å². The maximum atomic E-state index is 12.1. The first kappa shape index (κ1) is 14.3. The van der Waals surface area contributed by atoms with Crippen molar-refractivity contribution >= 4 is 12.0 Å². The number of rotatable bonds is 4. The van der Waals surface area contributed by atoms with Gasteiger partial charge in [0.1, 0.15) is 6.04 Å². The number of hydrogen-bond acceptors (Lipinski definition) is 4. The Balaban J connectivity index is 1.93. The predicted molar refractivity (Wildman–Crippen MR) is 69.2 cm³/mol. The molecule has 0 radical (unpaired) electrons. The van der Waals surface area contributed by atoms with Crippen molar-refractivity contribution in [2.45, 2.75) is 25.5 Å². The molecule has 110 valence electrons. The Hall–Kier alpha value is -2.09. The molecule has 1 fully saturated rings. The lowest BCUT2D eigenvalue weighted by atomic mass is 10.1. The molecule has 1 saturated heterocycles. The number of H-pyrrole nitrogens is 1. The van der Waals surface area contributed by atoms with Crippen LogP contribution >= 0.6 is 0 Å². The monoisotopic (exact) mass is 282 g/mol. The maximum Gasteiger partial charge on any atom is 0.326 e. The number of nitrogens with zero attached hydrogens (tertiary/aromatic N) is 2. The molecular weight excluding hydrogens is 264 g/mol. The van der Waals surface area contributed by atoms with Crippen LogP contribution in [-0.4, -0.2) is 63.8 Å². The van der Waals surface area contributed by atoms with Gasteiger partial charge < -0.3 is 25.0 Å². The van der Waals surface area contributed by atoms with E-state index >= 15 is 0 Å². The van der Waals surface area contributed by atoms with Crippen molar-refractivity contribution in [3.63, 3.8) is 0 Å². The smallest absolute Gasteiger partial charge is 0.326 e. The average molecular weight is 282 g/mol. The van der Waals surface area contributed by atoms with Crippen LogP contribution in [0.25, 0.3) is 0 Å². The number of hydrogen-bond donors (Lipinski definition) is 3. The number of ether oxygens (including phenoxy) is 1. The second-order valence-electron chi connectivity index (χ2n) is 4.75. The minimum Gasteiger partial charge on any atom is -0.480 e. The second-order valence-corrected chi connectivity index (χ2v) is 4.75. The number of urea groups is 1. The average Bonchev–Trinajstić information content (AvgIpc) is 2.90. The van der Waals surface area contributed by atoms with E-state index in [1.807, 2.05) is 6.92 Å². The van der Waals surface area contributed by atoms with Crippen LogP contribution in [0.4, 0.5) is 4.79 Å². The molecule has 0 spiro atoms. The van der Waals surface area contributed by atoms with Gasteiger partial charge in [-0.2, -0.15) is 0 Å². The minimum atomic E-state index is -1.07. The van der Waals surface area contributed by atoms with Crippen molar-refractivity contribution in [2.75, 3.05) is 19.7 Å². The summed E-state index contributed by atoms with van der Waals surface area (Å²) in [4.78, 5) is 31.5. The molecule has 20 heavy (non-hydrogen) atoms. The first-order valence-electron chi connectivity index (χ1n) is 6.43. The summed E-state index contributed by atoms with van der Waals surface area (Å²) in [5, 5.41) is 11.7. The fraction of sp³-hybridized carbons (Fsp3) is 0.583. The van der Waals surface area contributed by atoms with E-state index in [1.165, 1.54) is 6.33 Å². The molecule has 2 atom stereocenters. The van der Waals surface area contributed by atoms with E-state index in [9.17, 15) is 14.7 Å². The SMILES string of the molecule is CC1CN(C(=O)NC(Cc2cnc[nH]2)C(=O)O)CCO1. The number of carbonyl (C=O) groups excluding carboxylic acids is 1. The Kier molecular flexibility index (Phi) is 4.57. The van der Waals surface area contributed by atoms with Crippen molar-refractivity contribution in [1.29, 1.82) is 0 Å². The topological polar surface area (TPSA) is 108 Å². The van der Waals surface area contributed by atoms with Gasteiger partial charge in [-0.3, -0.25) is 0 Å². The number of aromatic amines is 1. The van der Waals surface area contributed by atoms with Gasteiger partial charge in [-0.15, -0.1) is 0 Å². The van der Waals surface area contributed by atoms with Crippen LogP contribution in [0.3, 0.4) is 0 Å². The highest BCUT2D eigenvalue weighted by Crippen LogP contribution is 2.06. The number of carboxylic acid groups (broad SMARTS) is 1. The molecule has 1 aromatic heterocycles. The summed E-state index contributed by atoms with van der Waals surface area (Å²) in [7, 11) is 0. The van der Waals surface area contributed by atoms with E-state index in [-0.39, 0.29) is 18.6 Å². The molecule has 0 bridgehead atoms. The number of aromatic nitrogens is 2. The van der Waals surface area contributed by atoms with Crippen LogP contribution in [0.1, 0.15) is 12.6 Å². The normalized spacial score (nSPS) is 20.4. The van der Waals surface area contributed by atoms with Gasteiger partial charge in [-0.25, -0.2) is 14.6 Å². The van der Waals surface area contributed by atoms with Gasteiger partial charge >= 0.3 is 12.0 Å². The first-order chi connectivity index (χ1) is 9.56. The van der Waals surface area contributed by atoms with Crippen molar-refractivity contribution in [2.24, 2.45) is 0 Å². The maximum absolute atomic E-state index is 12.1. The Morgan fingerprint density at radius 3 is 3.10 bits per heavy atom. The number of morpholine rings is 1. The van der Waals surface area contributed by atoms with Crippen molar-refractivity contribution < 1.29 is 19.4 Å². The molecule has 1 aromatic rings. The minimum absolute atomic E-state index is 0.0367. The summed E-state index contributed by atoms with van der Waals surface area (Å²) in [5.74, 6) is -1.07. The van der Waals surface area contributed by atoms with Crippen LogP contribution in [0, 0.1) is 0 Å². The Morgan fingerprint density at radius 2 is 2.50 bits per heavy atom. The van der Waals surface area contributed by atoms with Gasteiger partial charge in [-0.05, 0) is 6.92 Å². The molecule has 2 unspecified atom stereocenters. The van der Waals surface area contributed by atoms with Crippen LogP contribution in [-0.2, 0) is 16.0 Å². The zero-order valence-electron chi connectivity index (χ0n) is 11.2. The molecule has 3 N–H and O–H groups in total. The van der Waals surface area contributed by atoms with E-state index in [1.54, 1.807) is 11.1 Å². The Morgan fingerprint density at radius 1 is 1.70 bits per heavy atom. The Labute approximate surface area is 116 Å². The van der Waals surface area contributed by atoms with Gasteiger partial charge in [0.25, 0.3) is 0 Å². The lowest BCUT2D eigenvalue weighted by Crippen LogP contribution is -2.53. The summed E-state index contributed by atoms with van der Waals surface area (Å²) < 4.78 is 5.34. The number of carbonyl (C=O) groups is 2. The van der Waals surface area contributed by atoms with Crippen LogP contribution in [0.5, 0.6) is 0 Å². The van der Waals surface area contributed by atoms with E-state index in [4.69, 9.17) is 4.74 Å². The standard InChI is InChI=1S/C12H18N4O4/c1-8-6-16(2-3-20-8)12(19)15-10(11(17)18)4-9-5-13-7-14-9/h5,7-8,10H,2-4,6H2,1H3,(H,13,14)(H,15,19)(H,17,18). The zero-order valence-corrected chi connectivity index (χ0v) is 11.2. The summed E-state index contributed by atoms with van der Waals surface area (Å²) in [5.41, 5.74) is 0.660. The highest BCUT2D eigenvalue weighted by molar-refractivity contribution is 5.82. The molecule has 1 aliphatic heterocycles. The predicted octanol–water partition coefficient (Wildman–Crippen LogP) is -0.164. The van der Waals surface area contributed by atoms with Crippen LogP contribution < -0.4 is 5.32 Å². The van der Waals surface area contributed by atoms with Gasteiger partial charge in [-0.1, -0.05) is 0 Å². The molecular formula is C12H18N4O4. The van der Waals surface area contributed by atoms with Crippen LogP contribution in [0.2, 0.25) is 0 Å². The molecule has 8 nitrogen and oxygen atoms in total. The lowest BCUT2D eigenvalue weighted by molar-refractivity contribution is -0.139. The summed E-state index contributed by atoms with van der Waals surface area (Å²) >= 11 is 0. The fourth-order valence-corrected chi connectivity index (χ4v) is 2.06. The van der Waals surface area contributed by atoms with E-state index in [2.05, 4.69) is 15.3 Å². The highest BCUT2D eigenvalue weighted by Gasteiger charge is 2.26. The van der Waals surface area contributed by atoms with Gasteiger partial charge in [0.2, 0.25) is 0 Å². The third kappa shape index (κ3) is 3.70. The lowest BCUT2D eigenvalue weighted by Gasteiger charge is -2.32. The quantitative estimate of drug-likeness (QED) is 0.711. The van der Waals surface area contributed by atoms with E-state index in [0.717, 1.165) is 0 Å². The highest BCUT2D eigenvalue weighted by atomic mass is 16.5. The largest absolute Gasteiger partial charge is 0.480 e. The number of nitrogens with one attached hydrogen (secondary N) is 2. The van der Waals surface area contributed by atoms with Gasteiger partial charge in [0, 0.05) is 31.4 Å². The van der Waals surface area contributed by atoms with Crippen molar-refractivity contribution in [3.05, 3.63) is 18.2 Å². The molecule has 2 heterocycles. The summed E-state index contributed by atoms with van der Waals surface area (Å²) in [6, 6.07) is -1.37. The number of carboxylic acids is 1. The number of amides is 2. The molecule has 0 saturated carbocycles. The number of imidazole rings is 1. The molecule has 0 aliphatic carbocycles. The molecule has 2 amide bonds. The fourth-order valence-electron chi connectivity index (χ4n) is 2.06. The zero-order chi connectivity index (χ0) is 14.5. The van der Waals surface area contributed by atoms with E-state index in [0.29, 0.717) is 25.4 Å². The van der Waals surface area contributed by atoms with Crippen molar-refractivity contribution in [3.8, 4) is 0 Å². The van der Waals surface area contributed by atoms with Gasteiger partial charge in [0.15, 0.2) is 0 Å². The molecule has 1 aliphatic rings.